The quantitative estimate of drug-likeness (QED) is 0.776. The number of hydrogen-bond acceptors (Lipinski definition) is 4. The Hall–Kier alpha value is -1.43. The number of hydrogen-bond donors (Lipinski definition) is 0. The second-order valence-electron chi connectivity index (χ2n) is 5.96. The van der Waals surface area contributed by atoms with Crippen LogP contribution in [-0.2, 0) is 11.3 Å². The maximum Gasteiger partial charge on any atom is 0.224 e. The van der Waals surface area contributed by atoms with Gasteiger partial charge >= 0.3 is 0 Å². The number of amides is 1. The van der Waals surface area contributed by atoms with E-state index >= 15 is 0 Å². The lowest BCUT2D eigenvalue weighted by Crippen LogP contribution is -2.39. The van der Waals surface area contributed by atoms with Crippen molar-refractivity contribution < 1.29 is 4.79 Å². The standard InChI is InChI=1S/C13H23N5O/c1-13(5-7-16(2)8-13)9-17(3)12(19)4-6-18-11-14-10-15-18/h10-11H,4-9H2,1-3H3/t13-/m0/s1. The molecular formula is C13H23N5O. The molecule has 1 fully saturated rings. The lowest BCUT2D eigenvalue weighted by atomic mass is 9.89. The van der Waals surface area contributed by atoms with E-state index in [1.54, 1.807) is 11.0 Å². The maximum absolute atomic E-state index is 12.1. The van der Waals surface area contributed by atoms with Gasteiger partial charge in [0.1, 0.15) is 12.7 Å². The Morgan fingerprint density at radius 2 is 2.32 bits per heavy atom. The van der Waals surface area contributed by atoms with Crippen molar-refractivity contribution in [2.24, 2.45) is 5.41 Å². The number of aromatic nitrogens is 3. The van der Waals surface area contributed by atoms with Gasteiger partial charge in [-0.3, -0.25) is 9.48 Å². The number of carbonyl (C=O) groups is 1. The minimum Gasteiger partial charge on any atom is -0.345 e. The van der Waals surface area contributed by atoms with Gasteiger partial charge in [-0.05, 0) is 25.4 Å². The molecule has 1 aliphatic heterocycles. The molecular weight excluding hydrogens is 242 g/mol. The second kappa shape index (κ2) is 5.69. The molecule has 0 bridgehead atoms. The van der Waals surface area contributed by atoms with Gasteiger partial charge in [-0.25, -0.2) is 4.98 Å². The van der Waals surface area contributed by atoms with Crippen LogP contribution in [0.25, 0.3) is 0 Å². The van der Waals surface area contributed by atoms with Crippen molar-refractivity contribution in [2.45, 2.75) is 26.3 Å². The van der Waals surface area contributed by atoms with E-state index in [0.29, 0.717) is 13.0 Å². The van der Waals surface area contributed by atoms with Gasteiger partial charge in [0, 0.05) is 26.6 Å². The molecule has 0 spiro atoms. The molecule has 0 unspecified atom stereocenters. The summed E-state index contributed by atoms with van der Waals surface area (Å²) in [5.41, 5.74) is 0.229. The Morgan fingerprint density at radius 3 is 2.89 bits per heavy atom. The fourth-order valence-corrected chi connectivity index (χ4v) is 2.81. The molecule has 1 aliphatic rings. The third-order valence-corrected chi connectivity index (χ3v) is 3.81. The van der Waals surface area contributed by atoms with Crippen LogP contribution in [0, 0.1) is 5.41 Å². The van der Waals surface area contributed by atoms with Gasteiger partial charge < -0.3 is 9.80 Å². The molecule has 0 N–H and O–H groups in total. The van der Waals surface area contributed by atoms with E-state index < -0.39 is 0 Å². The van der Waals surface area contributed by atoms with E-state index in [1.165, 1.54) is 6.33 Å². The van der Waals surface area contributed by atoms with Crippen molar-refractivity contribution in [1.82, 2.24) is 24.6 Å². The van der Waals surface area contributed by atoms with Crippen LogP contribution >= 0.6 is 0 Å². The monoisotopic (exact) mass is 265 g/mol. The normalized spacial score (nSPS) is 23.7. The predicted octanol–water partition coefficient (Wildman–Crippen LogP) is 0.468. The second-order valence-corrected chi connectivity index (χ2v) is 5.96. The molecule has 1 aromatic rings. The van der Waals surface area contributed by atoms with Gasteiger partial charge in [-0.15, -0.1) is 0 Å². The molecule has 6 nitrogen and oxygen atoms in total. The number of rotatable bonds is 5. The third kappa shape index (κ3) is 3.76. The summed E-state index contributed by atoms with van der Waals surface area (Å²) in [7, 11) is 4.03. The summed E-state index contributed by atoms with van der Waals surface area (Å²) in [4.78, 5) is 20.2. The number of carbonyl (C=O) groups excluding carboxylic acids is 1. The number of likely N-dealkylation sites (tertiary alicyclic amines) is 1. The fourth-order valence-electron chi connectivity index (χ4n) is 2.81. The van der Waals surface area contributed by atoms with Crippen molar-refractivity contribution >= 4 is 5.91 Å². The average Bonchev–Trinajstić information content (AvgIpc) is 2.96. The smallest absolute Gasteiger partial charge is 0.224 e. The Morgan fingerprint density at radius 1 is 1.53 bits per heavy atom. The Bertz CT molecular complexity index is 419. The summed E-state index contributed by atoms with van der Waals surface area (Å²) >= 11 is 0. The van der Waals surface area contributed by atoms with Crippen LogP contribution in [0.2, 0.25) is 0 Å². The Kier molecular flexibility index (Phi) is 4.19. The summed E-state index contributed by atoms with van der Waals surface area (Å²) in [6, 6.07) is 0. The molecule has 106 valence electrons. The zero-order chi connectivity index (χ0) is 13.9. The molecule has 0 aromatic carbocycles. The minimum atomic E-state index is 0.172. The topological polar surface area (TPSA) is 54.3 Å². The maximum atomic E-state index is 12.1. The summed E-state index contributed by atoms with van der Waals surface area (Å²) in [6.07, 6.45) is 4.76. The molecule has 1 amide bonds. The van der Waals surface area contributed by atoms with Crippen molar-refractivity contribution in [3.05, 3.63) is 12.7 Å². The molecule has 1 aromatic heterocycles. The third-order valence-electron chi connectivity index (χ3n) is 3.81. The summed E-state index contributed by atoms with van der Waals surface area (Å²) < 4.78 is 1.69. The van der Waals surface area contributed by atoms with Crippen molar-refractivity contribution in [1.29, 1.82) is 0 Å². The van der Waals surface area contributed by atoms with Crippen LogP contribution in [0.5, 0.6) is 0 Å². The molecule has 0 aliphatic carbocycles. The van der Waals surface area contributed by atoms with E-state index in [9.17, 15) is 4.79 Å². The van der Waals surface area contributed by atoms with Crippen LogP contribution in [-0.4, -0.2) is 64.2 Å². The summed E-state index contributed by atoms with van der Waals surface area (Å²) in [5.74, 6) is 0.172. The van der Waals surface area contributed by atoms with Crippen molar-refractivity contribution in [2.75, 3.05) is 33.7 Å². The number of aryl methyl sites for hydroxylation is 1. The van der Waals surface area contributed by atoms with Gasteiger partial charge in [-0.2, -0.15) is 5.10 Å². The zero-order valence-corrected chi connectivity index (χ0v) is 12.0. The molecule has 19 heavy (non-hydrogen) atoms. The van der Waals surface area contributed by atoms with Gasteiger partial charge in [0.2, 0.25) is 5.91 Å². The highest BCUT2D eigenvalue weighted by molar-refractivity contribution is 5.75. The molecule has 0 saturated carbocycles. The highest BCUT2D eigenvalue weighted by Crippen LogP contribution is 2.29. The first-order valence-corrected chi connectivity index (χ1v) is 6.73. The predicted molar refractivity (Wildman–Crippen MR) is 72.5 cm³/mol. The Labute approximate surface area is 114 Å². The van der Waals surface area contributed by atoms with Crippen LogP contribution in [0.1, 0.15) is 19.8 Å². The molecule has 1 saturated heterocycles. The summed E-state index contributed by atoms with van der Waals surface area (Å²) in [6.45, 7) is 5.87. The average molecular weight is 265 g/mol. The van der Waals surface area contributed by atoms with Crippen LogP contribution in [0.3, 0.4) is 0 Å². The van der Waals surface area contributed by atoms with E-state index in [1.807, 2.05) is 11.9 Å². The lowest BCUT2D eigenvalue weighted by molar-refractivity contribution is -0.131. The van der Waals surface area contributed by atoms with Gasteiger partial charge in [0.15, 0.2) is 0 Å². The zero-order valence-electron chi connectivity index (χ0n) is 12.0. The highest BCUT2D eigenvalue weighted by atomic mass is 16.2. The Balaban J connectivity index is 1.79. The van der Waals surface area contributed by atoms with E-state index in [-0.39, 0.29) is 11.3 Å². The van der Waals surface area contributed by atoms with E-state index in [4.69, 9.17) is 0 Å². The highest BCUT2D eigenvalue weighted by Gasteiger charge is 2.33. The van der Waals surface area contributed by atoms with E-state index in [0.717, 1.165) is 26.1 Å². The summed E-state index contributed by atoms with van der Waals surface area (Å²) in [5, 5.41) is 4.00. The SMILES string of the molecule is CN1CC[C@](C)(CN(C)C(=O)CCn2cncn2)C1. The van der Waals surface area contributed by atoms with Gasteiger partial charge in [0.25, 0.3) is 0 Å². The fraction of sp³-hybridized carbons (Fsp3) is 0.769. The lowest BCUT2D eigenvalue weighted by Gasteiger charge is -2.30. The minimum absolute atomic E-state index is 0.172. The van der Waals surface area contributed by atoms with Crippen LogP contribution < -0.4 is 0 Å². The first kappa shape index (κ1) is 14.0. The van der Waals surface area contributed by atoms with Gasteiger partial charge in [0.05, 0.1) is 6.54 Å². The van der Waals surface area contributed by atoms with Crippen molar-refractivity contribution in [3.8, 4) is 0 Å². The molecule has 2 heterocycles. The first-order valence-electron chi connectivity index (χ1n) is 6.73. The van der Waals surface area contributed by atoms with Crippen molar-refractivity contribution in [3.63, 3.8) is 0 Å². The van der Waals surface area contributed by atoms with Gasteiger partial charge in [-0.1, -0.05) is 6.92 Å². The molecule has 6 heteroatoms. The molecule has 2 rings (SSSR count). The van der Waals surface area contributed by atoms with Crippen LogP contribution in [0.4, 0.5) is 0 Å². The van der Waals surface area contributed by atoms with Crippen LogP contribution in [0.15, 0.2) is 12.7 Å². The first-order chi connectivity index (χ1) is 8.98. The van der Waals surface area contributed by atoms with E-state index in [2.05, 4.69) is 29.0 Å². The molecule has 0 radical (unpaired) electrons. The number of nitrogens with zero attached hydrogens (tertiary/aromatic N) is 5. The largest absolute Gasteiger partial charge is 0.345 e. The molecule has 1 atom stereocenters.